The highest BCUT2D eigenvalue weighted by Crippen LogP contribution is 2.50. The Balaban J connectivity index is 1.87. The van der Waals surface area contributed by atoms with Crippen molar-refractivity contribution >= 4 is 23.2 Å². The zero-order valence-electron chi connectivity index (χ0n) is 12.7. The number of carbonyl (C=O) groups is 1. The molecule has 1 aliphatic carbocycles. The van der Waals surface area contributed by atoms with E-state index in [-0.39, 0.29) is 11.5 Å². The topological polar surface area (TPSA) is 50.4 Å². The van der Waals surface area contributed by atoms with Crippen molar-refractivity contribution in [1.82, 2.24) is 10.6 Å². The number of ether oxygens (including phenoxy) is 1. The SMILES string of the molecule is Cc1ccc2c(c1)C1(CC3(CCCCC3)O2)NC(=S)NC1=O. The van der Waals surface area contributed by atoms with Crippen LogP contribution in [-0.2, 0) is 10.3 Å². The fourth-order valence-corrected chi connectivity index (χ4v) is 4.46. The predicted molar refractivity (Wildman–Crippen MR) is 87.8 cm³/mol. The molecule has 22 heavy (non-hydrogen) atoms. The Morgan fingerprint density at radius 3 is 2.68 bits per heavy atom. The van der Waals surface area contributed by atoms with E-state index in [4.69, 9.17) is 17.0 Å². The Hall–Kier alpha value is -1.62. The number of fused-ring (bicyclic) bond motifs is 2. The molecule has 2 N–H and O–H groups in total. The second kappa shape index (κ2) is 4.69. The first-order chi connectivity index (χ1) is 10.5. The number of rotatable bonds is 0. The van der Waals surface area contributed by atoms with Crippen LogP contribution in [-0.4, -0.2) is 16.6 Å². The van der Waals surface area contributed by atoms with Crippen LogP contribution in [0.3, 0.4) is 0 Å². The van der Waals surface area contributed by atoms with E-state index < -0.39 is 5.54 Å². The quantitative estimate of drug-likeness (QED) is 0.723. The lowest BCUT2D eigenvalue weighted by Crippen LogP contribution is -2.56. The van der Waals surface area contributed by atoms with Crippen molar-refractivity contribution in [1.29, 1.82) is 0 Å². The largest absolute Gasteiger partial charge is 0.487 e. The molecule has 4 rings (SSSR count). The molecule has 2 fully saturated rings. The summed E-state index contributed by atoms with van der Waals surface area (Å²) in [6.07, 6.45) is 6.22. The van der Waals surface area contributed by atoms with Gasteiger partial charge in [-0.05, 0) is 57.0 Å². The molecule has 1 atom stereocenters. The lowest BCUT2D eigenvalue weighted by atomic mass is 9.70. The summed E-state index contributed by atoms with van der Waals surface area (Å²) in [5.74, 6) is 0.781. The minimum atomic E-state index is -0.770. The van der Waals surface area contributed by atoms with Gasteiger partial charge in [0.05, 0.1) is 0 Å². The maximum Gasteiger partial charge on any atom is 0.256 e. The fourth-order valence-electron chi connectivity index (χ4n) is 4.19. The Morgan fingerprint density at radius 1 is 1.23 bits per heavy atom. The van der Waals surface area contributed by atoms with Crippen molar-refractivity contribution in [2.75, 3.05) is 0 Å². The lowest BCUT2D eigenvalue weighted by molar-refractivity contribution is -0.129. The van der Waals surface area contributed by atoms with E-state index in [0.29, 0.717) is 11.5 Å². The zero-order valence-corrected chi connectivity index (χ0v) is 13.5. The molecule has 0 bridgehead atoms. The minimum absolute atomic E-state index is 0.0439. The van der Waals surface area contributed by atoms with Crippen LogP contribution in [0.25, 0.3) is 0 Å². The van der Waals surface area contributed by atoms with E-state index in [1.54, 1.807) is 0 Å². The molecule has 4 nitrogen and oxygen atoms in total. The Kier molecular flexibility index (Phi) is 2.98. The summed E-state index contributed by atoms with van der Waals surface area (Å²) in [6, 6.07) is 6.09. The van der Waals surface area contributed by atoms with E-state index >= 15 is 0 Å². The standard InChI is InChI=1S/C17H20N2O2S/c1-11-5-6-13-12(9-11)17(14(20)18-15(22)19-17)10-16(21-13)7-3-2-4-8-16/h5-6,9H,2-4,7-8,10H2,1H3,(H2,18,19,20,22). The molecule has 1 amide bonds. The molecule has 1 saturated carbocycles. The first-order valence-corrected chi connectivity index (χ1v) is 8.38. The maximum atomic E-state index is 12.7. The van der Waals surface area contributed by atoms with Crippen molar-refractivity contribution in [3.05, 3.63) is 29.3 Å². The number of aryl methyl sites for hydroxylation is 1. The highest BCUT2D eigenvalue weighted by Gasteiger charge is 2.56. The number of hydrogen-bond donors (Lipinski definition) is 2. The molecular weight excluding hydrogens is 296 g/mol. The fraction of sp³-hybridized carbons (Fsp3) is 0.529. The second-order valence-corrected chi connectivity index (χ2v) is 7.24. The summed E-state index contributed by atoms with van der Waals surface area (Å²) >= 11 is 5.22. The van der Waals surface area contributed by atoms with Crippen molar-refractivity contribution in [2.24, 2.45) is 0 Å². The van der Waals surface area contributed by atoms with Crippen molar-refractivity contribution in [3.63, 3.8) is 0 Å². The highest BCUT2D eigenvalue weighted by atomic mass is 32.1. The van der Waals surface area contributed by atoms with E-state index in [1.165, 1.54) is 6.42 Å². The first-order valence-electron chi connectivity index (χ1n) is 7.97. The van der Waals surface area contributed by atoms with Gasteiger partial charge >= 0.3 is 0 Å². The minimum Gasteiger partial charge on any atom is -0.487 e. The van der Waals surface area contributed by atoms with Crippen LogP contribution in [0.15, 0.2) is 18.2 Å². The van der Waals surface area contributed by atoms with Gasteiger partial charge in [0, 0.05) is 12.0 Å². The third kappa shape index (κ3) is 1.95. The van der Waals surface area contributed by atoms with E-state index in [2.05, 4.69) is 10.6 Å². The third-order valence-corrected chi connectivity index (χ3v) is 5.42. The number of carbonyl (C=O) groups excluding carboxylic acids is 1. The molecule has 2 spiro atoms. The Morgan fingerprint density at radius 2 is 2.00 bits per heavy atom. The average Bonchev–Trinajstić information content (AvgIpc) is 2.75. The van der Waals surface area contributed by atoms with Gasteiger partial charge in [0.15, 0.2) is 10.7 Å². The lowest BCUT2D eigenvalue weighted by Gasteiger charge is -2.47. The molecule has 2 aliphatic heterocycles. The second-order valence-electron chi connectivity index (χ2n) is 6.84. The van der Waals surface area contributed by atoms with Crippen molar-refractivity contribution in [2.45, 2.75) is 56.6 Å². The van der Waals surface area contributed by atoms with E-state index in [9.17, 15) is 4.79 Å². The van der Waals surface area contributed by atoms with Crippen LogP contribution in [0.4, 0.5) is 0 Å². The molecule has 1 aromatic carbocycles. The van der Waals surface area contributed by atoms with Crippen LogP contribution in [0.5, 0.6) is 5.75 Å². The summed E-state index contributed by atoms with van der Waals surface area (Å²) in [5.41, 5.74) is 1.02. The van der Waals surface area contributed by atoms with Gasteiger partial charge in [0.1, 0.15) is 11.4 Å². The van der Waals surface area contributed by atoms with Gasteiger partial charge in [0.25, 0.3) is 5.91 Å². The van der Waals surface area contributed by atoms with Crippen molar-refractivity contribution < 1.29 is 9.53 Å². The molecule has 1 aromatic rings. The van der Waals surface area contributed by atoms with Gasteiger partial charge in [-0.25, -0.2) is 0 Å². The highest BCUT2D eigenvalue weighted by molar-refractivity contribution is 7.80. The van der Waals surface area contributed by atoms with Gasteiger partial charge in [-0.1, -0.05) is 18.1 Å². The summed E-state index contributed by atoms with van der Waals surface area (Å²) < 4.78 is 6.42. The van der Waals surface area contributed by atoms with Crippen LogP contribution in [0.1, 0.15) is 49.7 Å². The first kappa shape index (κ1) is 14.0. The molecule has 116 valence electrons. The number of amides is 1. The summed E-state index contributed by atoms with van der Waals surface area (Å²) in [6.45, 7) is 2.03. The molecule has 1 unspecified atom stereocenters. The number of benzene rings is 1. The summed E-state index contributed by atoms with van der Waals surface area (Å²) in [7, 11) is 0. The molecular formula is C17H20N2O2S. The molecule has 2 heterocycles. The summed E-state index contributed by atoms with van der Waals surface area (Å²) in [5, 5.41) is 6.47. The molecule has 3 aliphatic rings. The van der Waals surface area contributed by atoms with Crippen LogP contribution in [0, 0.1) is 6.92 Å². The predicted octanol–water partition coefficient (Wildman–Crippen LogP) is 2.68. The van der Waals surface area contributed by atoms with E-state index in [1.807, 2.05) is 25.1 Å². The van der Waals surface area contributed by atoms with Crippen LogP contribution in [0.2, 0.25) is 0 Å². The van der Waals surface area contributed by atoms with Gasteiger partial charge in [-0.3, -0.25) is 4.79 Å². The molecule has 0 radical (unpaired) electrons. The average molecular weight is 316 g/mol. The van der Waals surface area contributed by atoms with E-state index in [0.717, 1.165) is 42.6 Å². The third-order valence-electron chi connectivity index (χ3n) is 5.22. The van der Waals surface area contributed by atoms with Crippen molar-refractivity contribution in [3.8, 4) is 5.75 Å². The Bertz CT molecular complexity index is 667. The van der Waals surface area contributed by atoms with Gasteiger partial charge in [-0.2, -0.15) is 0 Å². The van der Waals surface area contributed by atoms with Gasteiger partial charge < -0.3 is 15.4 Å². The van der Waals surface area contributed by atoms with Crippen LogP contribution < -0.4 is 15.4 Å². The van der Waals surface area contributed by atoms with Gasteiger partial charge in [-0.15, -0.1) is 0 Å². The molecule has 1 saturated heterocycles. The summed E-state index contributed by atoms with van der Waals surface area (Å²) in [4.78, 5) is 12.7. The monoisotopic (exact) mass is 316 g/mol. The Labute approximate surface area is 135 Å². The van der Waals surface area contributed by atoms with Gasteiger partial charge in [0.2, 0.25) is 0 Å². The molecule has 5 heteroatoms. The number of thiocarbonyl (C=S) groups is 1. The maximum absolute atomic E-state index is 12.7. The van der Waals surface area contributed by atoms with Crippen LogP contribution >= 0.6 is 12.2 Å². The number of nitrogens with one attached hydrogen (secondary N) is 2. The normalized spacial score (nSPS) is 29.0. The molecule has 0 aromatic heterocycles. The zero-order chi connectivity index (χ0) is 15.4. The smallest absolute Gasteiger partial charge is 0.256 e. The number of hydrogen-bond acceptors (Lipinski definition) is 3.